The van der Waals surface area contributed by atoms with Gasteiger partial charge in [0.2, 0.25) is 0 Å². The van der Waals surface area contributed by atoms with Crippen LogP contribution in [0.1, 0.15) is 52.7 Å². The third-order valence-electron chi connectivity index (χ3n) is 6.21. The first kappa shape index (κ1) is 18.2. The molecule has 2 aromatic heterocycles. The first-order chi connectivity index (χ1) is 13.0. The molecule has 4 rings (SSSR count). The van der Waals surface area contributed by atoms with E-state index in [1.54, 1.807) is 7.11 Å². The predicted molar refractivity (Wildman–Crippen MR) is 102 cm³/mol. The van der Waals surface area contributed by atoms with Gasteiger partial charge in [0.25, 0.3) is 5.91 Å². The summed E-state index contributed by atoms with van der Waals surface area (Å²) in [6, 6.07) is 2.51. The third-order valence-corrected chi connectivity index (χ3v) is 6.21. The Morgan fingerprint density at radius 1 is 1.22 bits per heavy atom. The van der Waals surface area contributed by atoms with Crippen LogP contribution in [0.25, 0.3) is 0 Å². The summed E-state index contributed by atoms with van der Waals surface area (Å²) in [7, 11) is 1.72. The number of carbonyl (C=O) groups excluding carboxylic acids is 1. The van der Waals surface area contributed by atoms with Gasteiger partial charge in [-0.05, 0) is 46.1 Å². The number of aryl methyl sites for hydroxylation is 2. The van der Waals surface area contributed by atoms with E-state index >= 15 is 0 Å². The van der Waals surface area contributed by atoms with Crippen LogP contribution in [0.3, 0.4) is 0 Å². The van der Waals surface area contributed by atoms with E-state index in [0.29, 0.717) is 0 Å². The van der Waals surface area contributed by atoms with Crippen LogP contribution in [0.2, 0.25) is 0 Å². The van der Waals surface area contributed by atoms with E-state index in [4.69, 9.17) is 4.74 Å². The van der Waals surface area contributed by atoms with Gasteiger partial charge in [-0.25, -0.2) is 0 Å². The molecule has 2 aliphatic heterocycles. The van der Waals surface area contributed by atoms with Crippen molar-refractivity contribution in [2.24, 2.45) is 0 Å². The molecule has 1 amide bonds. The van der Waals surface area contributed by atoms with Crippen LogP contribution in [0, 0.1) is 20.8 Å². The number of hydrogen-bond acceptors (Lipinski definition) is 4. The number of aromatic nitrogens is 4. The number of amides is 1. The fourth-order valence-electron chi connectivity index (χ4n) is 4.78. The molecule has 2 bridgehead atoms. The molecule has 0 N–H and O–H groups in total. The summed E-state index contributed by atoms with van der Waals surface area (Å²) < 4.78 is 9.61. The van der Waals surface area contributed by atoms with Gasteiger partial charge in [0.15, 0.2) is 0 Å². The maximum atomic E-state index is 13.5. The van der Waals surface area contributed by atoms with Crippen molar-refractivity contribution in [3.05, 3.63) is 34.7 Å². The summed E-state index contributed by atoms with van der Waals surface area (Å²) in [4.78, 5) is 15.7. The van der Waals surface area contributed by atoms with Gasteiger partial charge in [-0.2, -0.15) is 0 Å². The molecule has 7 nitrogen and oxygen atoms in total. The number of hydrogen-bond donors (Lipinski definition) is 0. The first-order valence-electron chi connectivity index (χ1n) is 9.88. The summed E-state index contributed by atoms with van der Waals surface area (Å²) in [6.45, 7) is 8.56. The van der Waals surface area contributed by atoms with Crippen molar-refractivity contribution >= 4 is 5.91 Å². The van der Waals surface area contributed by atoms with Gasteiger partial charge in [-0.15, -0.1) is 10.2 Å². The van der Waals surface area contributed by atoms with Gasteiger partial charge >= 0.3 is 0 Å². The number of carbonyl (C=O) groups is 1. The van der Waals surface area contributed by atoms with E-state index in [2.05, 4.69) is 44.1 Å². The molecule has 2 unspecified atom stereocenters. The van der Waals surface area contributed by atoms with Gasteiger partial charge in [-0.3, -0.25) is 4.79 Å². The maximum Gasteiger partial charge on any atom is 0.256 e. The fraction of sp³-hybridized carbons (Fsp3) is 0.650. The molecule has 0 aliphatic carbocycles. The van der Waals surface area contributed by atoms with Crippen LogP contribution >= 0.6 is 0 Å². The zero-order chi connectivity index (χ0) is 19.1. The first-order valence-corrected chi connectivity index (χ1v) is 9.88. The normalized spacial score (nSPS) is 21.4. The zero-order valence-corrected chi connectivity index (χ0v) is 16.7. The molecule has 0 radical (unpaired) electrons. The largest absolute Gasteiger partial charge is 0.385 e. The standard InChI is InChI=1S/C20H29N5O2/c1-13-10-18(14(2)23(13)8-5-9-27-4)20(26)25-16-6-7-17(25)12-24-15(3)21-22-19(24)11-16/h10,16-17H,5-9,11-12H2,1-4H3. The molecule has 0 aromatic carbocycles. The SMILES string of the molecule is COCCCn1c(C)cc(C(=O)N2C3CCC2Cn2c(C)nnc2C3)c1C. The fourth-order valence-corrected chi connectivity index (χ4v) is 4.78. The second-order valence-corrected chi connectivity index (χ2v) is 7.86. The Morgan fingerprint density at radius 3 is 2.78 bits per heavy atom. The van der Waals surface area contributed by atoms with Gasteiger partial charge in [-0.1, -0.05) is 0 Å². The Kier molecular flexibility index (Phi) is 4.80. The lowest BCUT2D eigenvalue weighted by Crippen LogP contribution is -2.42. The Labute approximate surface area is 160 Å². The number of rotatable bonds is 5. The minimum atomic E-state index is 0.171. The molecule has 1 fully saturated rings. The second-order valence-electron chi connectivity index (χ2n) is 7.86. The van der Waals surface area contributed by atoms with Crippen LogP contribution in [0.5, 0.6) is 0 Å². The third kappa shape index (κ3) is 3.08. The molecular formula is C20H29N5O2. The number of fused-ring (bicyclic) bond motifs is 3. The highest BCUT2D eigenvalue weighted by Crippen LogP contribution is 2.33. The molecule has 2 aromatic rings. The summed E-state index contributed by atoms with van der Waals surface area (Å²) in [5.41, 5.74) is 3.05. The van der Waals surface area contributed by atoms with Crippen molar-refractivity contribution < 1.29 is 9.53 Å². The predicted octanol–water partition coefficient (Wildman–Crippen LogP) is 2.27. The maximum absolute atomic E-state index is 13.5. The highest BCUT2D eigenvalue weighted by Gasteiger charge is 2.41. The van der Waals surface area contributed by atoms with E-state index in [-0.39, 0.29) is 18.0 Å². The van der Waals surface area contributed by atoms with Crippen molar-refractivity contribution in [3.8, 4) is 0 Å². The van der Waals surface area contributed by atoms with Gasteiger partial charge in [0.1, 0.15) is 11.6 Å². The van der Waals surface area contributed by atoms with E-state index in [1.165, 1.54) is 0 Å². The molecule has 2 atom stereocenters. The highest BCUT2D eigenvalue weighted by molar-refractivity contribution is 5.96. The average molecular weight is 371 g/mol. The van der Waals surface area contributed by atoms with Crippen LogP contribution in [-0.2, 0) is 24.2 Å². The monoisotopic (exact) mass is 371 g/mol. The van der Waals surface area contributed by atoms with E-state index in [0.717, 1.165) is 74.0 Å². The number of ether oxygens (including phenoxy) is 1. The molecule has 146 valence electrons. The van der Waals surface area contributed by atoms with Crippen molar-refractivity contribution in [2.75, 3.05) is 13.7 Å². The van der Waals surface area contributed by atoms with Crippen LogP contribution in [0.4, 0.5) is 0 Å². The summed E-state index contributed by atoms with van der Waals surface area (Å²) >= 11 is 0. The topological polar surface area (TPSA) is 65.2 Å². The minimum Gasteiger partial charge on any atom is -0.385 e. The van der Waals surface area contributed by atoms with E-state index in [1.807, 2.05) is 6.92 Å². The van der Waals surface area contributed by atoms with Crippen molar-refractivity contribution in [3.63, 3.8) is 0 Å². The Morgan fingerprint density at radius 2 is 2.00 bits per heavy atom. The average Bonchev–Trinajstić information content (AvgIpc) is 3.23. The second kappa shape index (κ2) is 7.11. The lowest BCUT2D eigenvalue weighted by atomic mass is 10.1. The number of nitrogens with zero attached hydrogens (tertiary/aromatic N) is 5. The van der Waals surface area contributed by atoms with Gasteiger partial charge in [0.05, 0.1) is 11.6 Å². The smallest absolute Gasteiger partial charge is 0.256 e. The molecule has 1 saturated heterocycles. The Balaban J connectivity index is 1.59. The summed E-state index contributed by atoms with van der Waals surface area (Å²) in [5, 5.41) is 8.56. The molecule has 7 heteroatoms. The highest BCUT2D eigenvalue weighted by atomic mass is 16.5. The van der Waals surface area contributed by atoms with E-state index < -0.39 is 0 Å². The molecule has 4 heterocycles. The lowest BCUT2D eigenvalue weighted by Gasteiger charge is -2.28. The Bertz CT molecular complexity index is 853. The van der Waals surface area contributed by atoms with Gasteiger partial charge in [0, 0.05) is 50.7 Å². The van der Waals surface area contributed by atoms with Crippen molar-refractivity contribution in [1.82, 2.24) is 24.2 Å². The zero-order valence-electron chi connectivity index (χ0n) is 16.7. The van der Waals surface area contributed by atoms with Crippen LogP contribution < -0.4 is 0 Å². The lowest BCUT2D eigenvalue weighted by molar-refractivity contribution is 0.0664. The molecule has 0 saturated carbocycles. The Hall–Kier alpha value is -2.15. The molecule has 0 spiro atoms. The minimum absolute atomic E-state index is 0.171. The summed E-state index contributed by atoms with van der Waals surface area (Å²) in [6.07, 6.45) is 3.85. The van der Waals surface area contributed by atoms with Crippen molar-refractivity contribution in [2.45, 2.75) is 71.6 Å². The van der Waals surface area contributed by atoms with Crippen LogP contribution in [-0.4, -0.2) is 55.9 Å². The molecular weight excluding hydrogens is 342 g/mol. The molecule has 27 heavy (non-hydrogen) atoms. The summed E-state index contributed by atoms with van der Waals surface area (Å²) in [5.74, 6) is 2.13. The van der Waals surface area contributed by atoms with E-state index in [9.17, 15) is 4.79 Å². The quantitative estimate of drug-likeness (QED) is 0.757. The van der Waals surface area contributed by atoms with Crippen molar-refractivity contribution in [1.29, 1.82) is 0 Å². The number of methoxy groups -OCH3 is 1. The van der Waals surface area contributed by atoms with Crippen LogP contribution in [0.15, 0.2) is 6.07 Å². The van der Waals surface area contributed by atoms with Gasteiger partial charge < -0.3 is 18.8 Å². The molecule has 2 aliphatic rings.